The van der Waals surface area contributed by atoms with Gasteiger partial charge in [0.25, 0.3) is 5.56 Å². The zero-order chi connectivity index (χ0) is 32.8. The predicted molar refractivity (Wildman–Crippen MR) is 176 cm³/mol. The van der Waals surface area contributed by atoms with Gasteiger partial charge >= 0.3 is 5.97 Å². The molecule has 4 aromatic rings. The fraction of sp³-hybridized carbons (Fsp3) is 0.235. The average Bonchev–Trinajstić information content (AvgIpc) is 3.39. The first kappa shape index (κ1) is 32.5. The van der Waals surface area contributed by atoms with Crippen LogP contribution in [0.3, 0.4) is 0 Å². The quantitative estimate of drug-likeness (QED) is 0.199. The van der Waals surface area contributed by atoms with Gasteiger partial charge < -0.3 is 23.7 Å². The molecule has 12 heteroatoms. The Balaban J connectivity index is 1.57. The van der Waals surface area contributed by atoms with Crippen molar-refractivity contribution in [2.24, 2.45) is 4.99 Å². The monoisotopic (exact) mass is 703 g/mol. The first-order valence-corrected chi connectivity index (χ1v) is 15.9. The fourth-order valence-electron chi connectivity index (χ4n) is 4.97. The van der Waals surface area contributed by atoms with E-state index in [9.17, 15) is 14.9 Å². The number of carbonyl (C=O) groups is 1. The highest BCUT2D eigenvalue weighted by Crippen LogP contribution is 2.36. The van der Waals surface area contributed by atoms with E-state index in [0.29, 0.717) is 66.7 Å². The molecule has 1 aliphatic heterocycles. The molecule has 0 saturated carbocycles. The summed E-state index contributed by atoms with van der Waals surface area (Å²) in [4.78, 5) is 31.8. The molecule has 0 saturated heterocycles. The Bertz CT molecular complexity index is 2040. The Morgan fingerprint density at radius 2 is 1.76 bits per heavy atom. The van der Waals surface area contributed by atoms with Crippen LogP contribution < -0.4 is 33.8 Å². The van der Waals surface area contributed by atoms with Crippen LogP contribution >= 0.6 is 27.3 Å². The largest absolute Gasteiger partial charge is 0.493 e. The average molecular weight is 705 g/mol. The van der Waals surface area contributed by atoms with E-state index in [1.807, 2.05) is 26.0 Å². The van der Waals surface area contributed by atoms with Crippen molar-refractivity contribution in [3.63, 3.8) is 0 Å². The molecule has 10 nitrogen and oxygen atoms in total. The maximum atomic E-state index is 14.0. The highest BCUT2D eigenvalue weighted by atomic mass is 79.9. The molecule has 0 amide bonds. The lowest BCUT2D eigenvalue weighted by atomic mass is 9.97. The van der Waals surface area contributed by atoms with E-state index in [1.54, 1.807) is 48.5 Å². The second-order valence-corrected chi connectivity index (χ2v) is 11.7. The van der Waals surface area contributed by atoms with Gasteiger partial charge in [-0.3, -0.25) is 9.36 Å². The van der Waals surface area contributed by atoms with Crippen molar-refractivity contribution in [2.75, 3.05) is 27.4 Å². The number of fused-ring (bicyclic) bond motifs is 1. The van der Waals surface area contributed by atoms with Crippen molar-refractivity contribution in [1.82, 2.24) is 4.57 Å². The number of benzene rings is 3. The number of nitriles is 1. The molecular weight excluding hydrogens is 674 g/mol. The van der Waals surface area contributed by atoms with Gasteiger partial charge in [0.2, 0.25) is 0 Å². The minimum absolute atomic E-state index is 0.170. The van der Waals surface area contributed by atoms with E-state index in [2.05, 4.69) is 27.0 Å². The molecule has 1 atom stereocenters. The molecule has 5 rings (SSSR count). The van der Waals surface area contributed by atoms with Crippen molar-refractivity contribution >= 4 is 39.3 Å². The molecule has 236 valence electrons. The number of halogens is 1. The molecule has 1 aliphatic rings. The Kier molecular flexibility index (Phi) is 10.2. The van der Waals surface area contributed by atoms with Gasteiger partial charge in [0, 0.05) is 16.2 Å². The number of hydrogen-bond donors (Lipinski definition) is 0. The number of ether oxygens (including phenoxy) is 5. The van der Waals surface area contributed by atoms with Crippen LogP contribution in [-0.4, -0.2) is 38.0 Å². The summed E-state index contributed by atoms with van der Waals surface area (Å²) < 4.78 is 30.8. The molecule has 0 spiro atoms. The summed E-state index contributed by atoms with van der Waals surface area (Å²) in [7, 11) is 2.81. The topological polar surface area (TPSA) is 121 Å². The van der Waals surface area contributed by atoms with Crippen LogP contribution in [-0.2, 0) is 16.1 Å². The molecular formula is C34H30BrN3O7S. The summed E-state index contributed by atoms with van der Waals surface area (Å²) in [5, 5.41) is 9.41. The van der Waals surface area contributed by atoms with E-state index >= 15 is 0 Å². The zero-order valence-corrected chi connectivity index (χ0v) is 27.9. The molecule has 3 aromatic carbocycles. The maximum absolute atomic E-state index is 14.0. The molecule has 46 heavy (non-hydrogen) atoms. The number of methoxy groups -OCH3 is 2. The number of thiazole rings is 1. The van der Waals surface area contributed by atoms with Gasteiger partial charge in [-0.1, -0.05) is 51.5 Å². The van der Waals surface area contributed by atoms with Gasteiger partial charge in [0.1, 0.15) is 6.61 Å². The van der Waals surface area contributed by atoms with E-state index in [4.69, 9.17) is 23.7 Å². The molecule has 0 N–H and O–H groups in total. The van der Waals surface area contributed by atoms with Crippen LogP contribution in [0.15, 0.2) is 80.6 Å². The van der Waals surface area contributed by atoms with Gasteiger partial charge in [-0.2, -0.15) is 5.26 Å². The molecule has 0 aliphatic carbocycles. The molecule has 0 fully saturated rings. The fourth-order valence-corrected chi connectivity index (χ4v) is 6.37. The highest BCUT2D eigenvalue weighted by Gasteiger charge is 2.31. The van der Waals surface area contributed by atoms with E-state index in [1.165, 1.54) is 36.3 Å². The zero-order valence-electron chi connectivity index (χ0n) is 25.5. The standard InChI is InChI=1S/C34H30BrN3O7S/c1-5-43-26-12-11-20(13-28(26)44-6-2)31-24(33(40)42-4)18-37-34-38(31)32(39)30(46-34)15-23-14-27(41-3)29(16-25(23)35)45-19-22-10-8-7-9-21(22)17-36/h7-16,18,31H,5-6,19H2,1-4H3/b30-15-/t31-/m1/s1. The maximum Gasteiger partial charge on any atom is 0.337 e. The molecule has 2 heterocycles. The third kappa shape index (κ3) is 6.56. The van der Waals surface area contributed by atoms with Crippen molar-refractivity contribution < 1.29 is 28.5 Å². The Hall–Kier alpha value is -4.86. The number of nitrogens with zero attached hydrogens (tertiary/aromatic N) is 3. The van der Waals surface area contributed by atoms with Crippen molar-refractivity contribution in [3.8, 4) is 29.1 Å². The molecule has 0 bridgehead atoms. The molecule has 0 radical (unpaired) electrons. The first-order valence-electron chi connectivity index (χ1n) is 14.3. The number of esters is 1. The number of rotatable bonds is 11. The van der Waals surface area contributed by atoms with Crippen LogP contribution in [0.2, 0.25) is 0 Å². The van der Waals surface area contributed by atoms with E-state index < -0.39 is 12.0 Å². The second kappa shape index (κ2) is 14.5. The van der Waals surface area contributed by atoms with Gasteiger partial charge in [-0.25, -0.2) is 9.79 Å². The lowest BCUT2D eigenvalue weighted by Crippen LogP contribution is -2.39. The molecule has 0 unspecified atom stereocenters. The lowest BCUT2D eigenvalue weighted by molar-refractivity contribution is -0.136. The summed E-state index contributed by atoms with van der Waals surface area (Å²) in [5.74, 6) is 1.36. The summed E-state index contributed by atoms with van der Waals surface area (Å²) >= 11 is 4.80. The van der Waals surface area contributed by atoms with Crippen LogP contribution in [0.1, 0.15) is 42.1 Å². The van der Waals surface area contributed by atoms with Gasteiger partial charge in [-0.15, -0.1) is 0 Å². The third-order valence-electron chi connectivity index (χ3n) is 7.10. The summed E-state index contributed by atoms with van der Waals surface area (Å²) in [6.45, 7) is 4.77. The SMILES string of the molecule is CCOc1ccc([C@@H]2C(C(=O)OC)=CN=c3s/c(=C\c4cc(OC)c(OCc5ccccc5C#N)cc4Br)c(=O)n32)cc1OCC. The smallest absolute Gasteiger partial charge is 0.337 e. The van der Waals surface area contributed by atoms with Crippen LogP contribution in [0, 0.1) is 11.3 Å². The van der Waals surface area contributed by atoms with Crippen molar-refractivity contribution in [2.45, 2.75) is 26.5 Å². The van der Waals surface area contributed by atoms with Gasteiger partial charge in [-0.05, 0) is 61.4 Å². The predicted octanol–water partition coefficient (Wildman–Crippen LogP) is 5.04. The Labute approximate surface area is 277 Å². The van der Waals surface area contributed by atoms with E-state index in [0.717, 1.165) is 5.56 Å². The minimum Gasteiger partial charge on any atom is -0.493 e. The van der Waals surface area contributed by atoms with Crippen LogP contribution in [0.5, 0.6) is 23.0 Å². The lowest BCUT2D eigenvalue weighted by Gasteiger charge is -2.23. The number of hydrogen-bond acceptors (Lipinski definition) is 10. The van der Waals surface area contributed by atoms with E-state index in [-0.39, 0.29) is 17.7 Å². The third-order valence-corrected chi connectivity index (χ3v) is 8.78. The summed E-state index contributed by atoms with van der Waals surface area (Å²) in [6, 6.07) is 17.4. The van der Waals surface area contributed by atoms with Gasteiger partial charge in [0.15, 0.2) is 27.8 Å². The Morgan fingerprint density at radius 3 is 2.48 bits per heavy atom. The van der Waals surface area contributed by atoms with Gasteiger partial charge in [0.05, 0.1) is 55.2 Å². The number of carbonyl (C=O) groups excluding carboxylic acids is 1. The molecule has 1 aromatic heterocycles. The summed E-state index contributed by atoms with van der Waals surface area (Å²) in [6.07, 6.45) is 3.17. The normalized spacial score (nSPS) is 14.0. The first-order chi connectivity index (χ1) is 22.3. The van der Waals surface area contributed by atoms with Crippen LogP contribution in [0.4, 0.5) is 0 Å². The van der Waals surface area contributed by atoms with Crippen molar-refractivity contribution in [1.29, 1.82) is 5.26 Å². The Morgan fingerprint density at radius 1 is 1.02 bits per heavy atom. The second-order valence-electron chi connectivity index (χ2n) is 9.83. The number of aromatic nitrogens is 1. The minimum atomic E-state index is -0.814. The summed E-state index contributed by atoms with van der Waals surface area (Å²) in [5.41, 5.74) is 2.43. The highest BCUT2D eigenvalue weighted by molar-refractivity contribution is 9.10. The van der Waals surface area contributed by atoms with Crippen molar-refractivity contribution in [3.05, 3.63) is 113 Å². The van der Waals surface area contributed by atoms with Crippen LogP contribution in [0.25, 0.3) is 6.08 Å².